The summed E-state index contributed by atoms with van der Waals surface area (Å²) >= 11 is 1.72. The van der Waals surface area contributed by atoms with Gasteiger partial charge >= 0.3 is 6.03 Å². The second-order valence-electron chi connectivity index (χ2n) is 2.45. The summed E-state index contributed by atoms with van der Waals surface area (Å²) in [6.07, 6.45) is 0. The summed E-state index contributed by atoms with van der Waals surface area (Å²) < 4.78 is 0. The van der Waals surface area contributed by atoms with E-state index in [9.17, 15) is 4.79 Å². The molecule has 4 heteroatoms. The molecule has 0 aromatic heterocycles. The minimum atomic E-state index is -0.529. The van der Waals surface area contributed by atoms with Gasteiger partial charge in [0.2, 0.25) is 0 Å². The first kappa shape index (κ1) is 9.92. The normalized spacial score (nSPS) is 9.62. The first-order valence-electron chi connectivity index (χ1n) is 4.01. The average molecular weight is 196 g/mol. The highest BCUT2D eigenvalue weighted by molar-refractivity contribution is 7.99. The summed E-state index contributed by atoms with van der Waals surface area (Å²) in [5, 5.41) is 2.53. The molecular weight excluding hydrogens is 184 g/mol. The Labute approximate surface area is 81.7 Å². The molecule has 1 aromatic rings. The lowest BCUT2D eigenvalue weighted by atomic mass is 10.3. The Kier molecular flexibility index (Phi) is 3.64. The maximum atomic E-state index is 10.5. The van der Waals surface area contributed by atoms with E-state index in [0.29, 0.717) is 0 Å². The number of nitrogens with two attached hydrogens (primary N) is 1. The molecule has 13 heavy (non-hydrogen) atoms. The molecule has 0 spiro atoms. The zero-order valence-corrected chi connectivity index (χ0v) is 8.23. The summed E-state index contributed by atoms with van der Waals surface area (Å²) in [4.78, 5) is 11.7. The number of nitrogens with one attached hydrogen (secondary N) is 1. The molecule has 0 aliphatic rings. The molecule has 1 aromatic carbocycles. The Hall–Kier alpha value is -1.16. The smallest absolute Gasteiger partial charge is 0.316 e. The maximum absolute atomic E-state index is 10.5. The first-order chi connectivity index (χ1) is 6.22. The van der Waals surface area contributed by atoms with Crippen molar-refractivity contribution in [1.29, 1.82) is 0 Å². The third kappa shape index (κ3) is 3.38. The van der Waals surface area contributed by atoms with Crippen molar-refractivity contribution in [3.63, 3.8) is 0 Å². The number of carbonyl (C=O) groups excluding carboxylic acids is 1. The Bertz CT molecular complexity index is 301. The summed E-state index contributed by atoms with van der Waals surface area (Å²) in [5.41, 5.74) is 5.73. The number of thioether (sulfide) groups is 1. The van der Waals surface area contributed by atoms with E-state index in [1.54, 1.807) is 11.8 Å². The fourth-order valence-electron chi connectivity index (χ4n) is 0.973. The Morgan fingerprint density at radius 1 is 1.62 bits per heavy atom. The van der Waals surface area contributed by atoms with Crippen molar-refractivity contribution in [3.8, 4) is 0 Å². The number of carbonyl (C=O) groups is 1. The molecule has 3 nitrogen and oxygen atoms in total. The number of hydrogen-bond acceptors (Lipinski definition) is 2. The summed E-state index contributed by atoms with van der Waals surface area (Å²) in [6, 6.07) is 7.08. The van der Waals surface area contributed by atoms with Gasteiger partial charge in [-0.1, -0.05) is 13.0 Å². The third-order valence-corrected chi connectivity index (χ3v) is 2.29. The van der Waals surface area contributed by atoms with Crippen LogP contribution in [-0.4, -0.2) is 11.8 Å². The first-order valence-corrected chi connectivity index (χ1v) is 5.00. The van der Waals surface area contributed by atoms with Crippen LogP contribution in [0.25, 0.3) is 0 Å². The predicted octanol–water partition coefficient (Wildman–Crippen LogP) is 2.29. The summed E-state index contributed by atoms with van der Waals surface area (Å²) in [6.45, 7) is 2.08. The highest BCUT2D eigenvalue weighted by Gasteiger charge is 1.97. The van der Waals surface area contributed by atoms with Gasteiger partial charge in [0.15, 0.2) is 0 Å². The Morgan fingerprint density at radius 3 is 3.00 bits per heavy atom. The number of primary amides is 1. The van der Waals surface area contributed by atoms with Gasteiger partial charge in [-0.05, 0) is 24.0 Å². The molecule has 0 saturated carbocycles. The van der Waals surface area contributed by atoms with Crippen LogP contribution in [0.5, 0.6) is 0 Å². The third-order valence-electron chi connectivity index (χ3n) is 1.41. The van der Waals surface area contributed by atoms with Crippen molar-refractivity contribution in [3.05, 3.63) is 24.3 Å². The topological polar surface area (TPSA) is 55.1 Å². The molecule has 3 N–H and O–H groups in total. The molecular formula is C9H12N2OS. The van der Waals surface area contributed by atoms with E-state index in [0.717, 1.165) is 16.3 Å². The quantitative estimate of drug-likeness (QED) is 0.729. The molecule has 0 heterocycles. The van der Waals surface area contributed by atoms with Crippen LogP contribution in [0.3, 0.4) is 0 Å². The van der Waals surface area contributed by atoms with Gasteiger partial charge in [0, 0.05) is 10.6 Å². The van der Waals surface area contributed by atoms with Crippen molar-refractivity contribution in [2.45, 2.75) is 11.8 Å². The maximum Gasteiger partial charge on any atom is 0.316 e. The minimum absolute atomic E-state index is 0.529. The number of benzene rings is 1. The van der Waals surface area contributed by atoms with E-state index in [4.69, 9.17) is 5.73 Å². The Morgan fingerprint density at radius 2 is 2.38 bits per heavy atom. The van der Waals surface area contributed by atoms with Crippen LogP contribution >= 0.6 is 11.8 Å². The van der Waals surface area contributed by atoms with Crippen LogP contribution in [0.15, 0.2) is 29.2 Å². The lowest BCUT2D eigenvalue weighted by Crippen LogP contribution is -2.19. The number of anilines is 1. The minimum Gasteiger partial charge on any atom is -0.351 e. The number of hydrogen-bond donors (Lipinski definition) is 2. The molecule has 0 radical (unpaired) electrons. The van der Waals surface area contributed by atoms with Gasteiger partial charge in [0.05, 0.1) is 0 Å². The van der Waals surface area contributed by atoms with Crippen molar-refractivity contribution in [1.82, 2.24) is 0 Å². The van der Waals surface area contributed by atoms with E-state index in [-0.39, 0.29) is 0 Å². The lowest BCUT2D eigenvalue weighted by Gasteiger charge is -2.03. The fraction of sp³-hybridized carbons (Fsp3) is 0.222. The standard InChI is InChI=1S/C9H12N2OS/c1-2-13-8-5-3-4-7(6-8)11-9(10)12/h3-6H,2H2,1H3,(H3,10,11,12). The van der Waals surface area contributed by atoms with Gasteiger partial charge in [0.25, 0.3) is 0 Å². The van der Waals surface area contributed by atoms with Crippen molar-refractivity contribution in [2.75, 3.05) is 11.1 Å². The zero-order valence-electron chi connectivity index (χ0n) is 7.41. The van der Waals surface area contributed by atoms with Gasteiger partial charge in [-0.3, -0.25) is 0 Å². The van der Waals surface area contributed by atoms with E-state index in [1.165, 1.54) is 0 Å². The molecule has 0 aliphatic carbocycles. The number of rotatable bonds is 3. The SMILES string of the molecule is CCSc1cccc(NC(N)=O)c1. The van der Waals surface area contributed by atoms with Gasteiger partial charge in [-0.2, -0.15) is 0 Å². The molecule has 0 atom stereocenters. The van der Waals surface area contributed by atoms with Gasteiger partial charge in [-0.15, -0.1) is 11.8 Å². The molecule has 0 bridgehead atoms. The fourth-order valence-corrected chi connectivity index (χ4v) is 1.69. The van der Waals surface area contributed by atoms with Crippen LogP contribution in [0.2, 0.25) is 0 Å². The average Bonchev–Trinajstić information content (AvgIpc) is 2.04. The van der Waals surface area contributed by atoms with E-state index < -0.39 is 6.03 Å². The van der Waals surface area contributed by atoms with Gasteiger partial charge < -0.3 is 11.1 Å². The highest BCUT2D eigenvalue weighted by atomic mass is 32.2. The molecule has 0 aliphatic heterocycles. The highest BCUT2D eigenvalue weighted by Crippen LogP contribution is 2.20. The van der Waals surface area contributed by atoms with Crippen LogP contribution in [0, 0.1) is 0 Å². The number of urea groups is 1. The second-order valence-corrected chi connectivity index (χ2v) is 3.79. The lowest BCUT2D eigenvalue weighted by molar-refractivity contribution is 0.259. The van der Waals surface area contributed by atoms with Crippen LogP contribution < -0.4 is 11.1 Å². The van der Waals surface area contributed by atoms with E-state index in [1.807, 2.05) is 24.3 Å². The van der Waals surface area contributed by atoms with E-state index >= 15 is 0 Å². The summed E-state index contributed by atoms with van der Waals surface area (Å²) in [5.74, 6) is 1.01. The summed E-state index contributed by atoms with van der Waals surface area (Å²) in [7, 11) is 0. The molecule has 2 amide bonds. The monoisotopic (exact) mass is 196 g/mol. The molecule has 0 fully saturated rings. The largest absolute Gasteiger partial charge is 0.351 e. The van der Waals surface area contributed by atoms with Gasteiger partial charge in [-0.25, -0.2) is 4.79 Å². The molecule has 70 valence electrons. The zero-order chi connectivity index (χ0) is 9.68. The second kappa shape index (κ2) is 4.77. The predicted molar refractivity (Wildman–Crippen MR) is 56.0 cm³/mol. The van der Waals surface area contributed by atoms with Crippen molar-refractivity contribution < 1.29 is 4.79 Å². The van der Waals surface area contributed by atoms with Crippen LogP contribution in [-0.2, 0) is 0 Å². The van der Waals surface area contributed by atoms with E-state index in [2.05, 4.69) is 12.2 Å². The Balaban J connectivity index is 2.73. The number of amides is 2. The van der Waals surface area contributed by atoms with Crippen LogP contribution in [0.4, 0.5) is 10.5 Å². The molecule has 0 unspecified atom stereocenters. The molecule has 0 saturated heterocycles. The van der Waals surface area contributed by atoms with Crippen molar-refractivity contribution >= 4 is 23.5 Å². The van der Waals surface area contributed by atoms with Gasteiger partial charge in [0.1, 0.15) is 0 Å². The van der Waals surface area contributed by atoms with Crippen LogP contribution in [0.1, 0.15) is 6.92 Å². The molecule has 1 rings (SSSR count). The van der Waals surface area contributed by atoms with Crippen molar-refractivity contribution in [2.24, 2.45) is 5.73 Å².